The fraction of sp³-hybridized carbons (Fsp3) is 0.188. The van der Waals surface area contributed by atoms with E-state index in [9.17, 15) is 0 Å². The molecule has 2 aliphatic carbocycles. The predicted octanol–water partition coefficient (Wildman–Crippen LogP) is 12.3. The van der Waals surface area contributed by atoms with Crippen LogP contribution >= 0.6 is 0 Å². The van der Waals surface area contributed by atoms with Crippen LogP contribution in [-0.2, 0) is 10.8 Å². The molecule has 9 rings (SSSR count). The number of halogens is 4. The van der Waals surface area contributed by atoms with Gasteiger partial charge in [0.2, 0.25) is 0 Å². The first kappa shape index (κ1) is 35.9. The lowest BCUT2D eigenvalue weighted by Gasteiger charge is -2.30. The molecule has 56 heavy (non-hydrogen) atoms. The van der Waals surface area contributed by atoms with Crippen molar-refractivity contribution in [2.24, 2.45) is 0 Å². The molecule has 6 aromatic carbocycles. The van der Waals surface area contributed by atoms with E-state index in [0.717, 1.165) is 33.4 Å². The van der Waals surface area contributed by atoms with Crippen LogP contribution in [0.3, 0.4) is 0 Å². The minimum atomic E-state index is -1.87. The van der Waals surface area contributed by atoms with Crippen molar-refractivity contribution in [1.29, 1.82) is 0 Å². The number of rotatable bonds is 5. The standard InChI is InChI=1S/C48H39F4N3Si/c1-47(2)33-21-12-11-17-28(33)29-24-23-27(25-34(29)47)45-53-44(26-15-9-8-10-16-26)54-46(55-45)37-42(51)40(49)36(41(50)43(37)52)32-20-13-18-30-31-19-14-22-35(56(5,6)7)39(31)48(3,4)38(30)32/h8-25H,1-7H3. The van der Waals surface area contributed by atoms with E-state index < -0.39 is 53.7 Å². The minimum Gasteiger partial charge on any atom is -0.208 e. The van der Waals surface area contributed by atoms with E-state index in [0.29, 0.717) is 16.7 Å². The average molecular weight is 762 g/mol. The highest BCUT2D eigenvalue weighted by Crippen LogP contribution is 2.53. The first-order valence-corrected chi connectivity index (χ1v) is 22.3. The van der Waals surface area contributed by atoms with Gasteiger partial charge >= 0.3 is 0 Å². The molecular formula is C48H39F4N3Si. The Morgan fingerprint density at radius 3 is 1.62 bits per heavy atom. The van der Waals surface area contributed by atoms with Gasteiger partial charge in [-0.05, 0) is 56.1 Å². The zero-order valence-electron chi connectivity index (χ0n) is 32.2. The van der Waals surface area contributed by atoms with Crippen molar-refractivity contribution in [2.45, 2.75) is 58.2 Å². The van der Waals surface area contributed by atoms with Gasteiger partial charge in [-0.25, -0.2) is 32.5 Å². The van der Waals surface area contributed by atoms with Gasteiger partial charge < -0.3 is 0 Å². The zero-order chi connectivity index (χ0) is 39.5. The van der Waals surface area contributed by atoms with Gasteiger partial charge in [0.05, 0.1) is 19.2 Å². The van der Waals surface area contributed by atoms with Gasteiger partial charge in [0.25, 0.3) is 0 Å². The van der Waals surface area contributed by atoms with Crippen LogP contribution in [0.2, 0.25) is 19.6 Å². The fourth-order valence-corrected chi connectivity index (χ4v) is 10.9. The highest BCUT2D eigenvalue weighted by Gasteiger charge is 2.43. The average Bonchev–Trinajstić information content (AvgIpc) is 3.57. The summed E-state index contributed by atoms with van der Waals surface area (Å²) in [6.07, 6.45) is 0. The van der Waals surface area contributed by atoms with Crippen LogP contribution in [0.5, 0.6) is 0 Å². The third-order valence-electron chi connectivity index (χ3n) is 11.7. The van der Waals surface area contributed by atoms with Crippen LogP contribution < -0.4 is 5.19 Å². The summed E-state index contributed by atoms with van der Waals surface area (Å²) in [5.41, 5.74) is 6.31. The van der Waals surface area contributed by atoms with Crippen LogP contribution in [0.4, 0.5) is 17.6 Å². The van der Waals surface area contributed by atoms with Crippen molar-refractivity contribution in [2.75, 3.05) is 0 Å². The molecule has 0 bridgehead atoms. The Labute approximate surface area is 325 Å². The fourth-order valence-electron chi connectivity index (χ4n) is 9.10. The highest BCUT2D eigenvalue weighted by atomic mass is 28.3. The van der Waals surface area contributed by atoms with E-state index in [-0.39, 0.29) is 22.6 Å². The van der Waals surface area contributed by atoms with Crippen molar-refractivity contribution in [3.63, 3.8) is 0 Å². The molecular weight excluding hydrogens is 723 g/mol. The third kappa shape index (κ3) is 5.18. The highest BCUT2D eigenvalue weighted by molar-refractivity contribution is 6.89. The van der Waals surface area contributed by atoms with Gasteiger partial charge in [-0.15, -0.1) is 0 Å². The minimum absolute atomic E-state index is 0.104. The zero-order valence-corrected chi connectivity index (χ0v) is 33.2. The van der Waals surface area contributed by atoms with Gasteiger partial charge in [-0.3, -0.25) is 0 Å². The lowest BCUT2D eigenvalue weighted by atomic mass is 9.78. The molecule has 0 fully saturated rings. The summed E-state index contributed by atoms with van der Waals surface area (Å²) in [7, 11) is -1.87. The van der Waals surface area contributed by atoms with E-state index in [1.807, 2.05) is 68.4 Å². The summed E-state index contributed by atoms with van der Waals surface area (Å²) in [6.45, 7) is 15.1. The Bertz CT molecular complexity index is 2760. The van der Waals surface area contributed by atoms with Crippen LogP contribution in [0.1, 0.15) is 49.9 Å². The van der Waals surface area contributed by atoms with Gasteiger partial charge in [-0.1, -0.05) is 156 Å². The number of hydrogen-bond acceptors (Lipinski definition) is 3. The molecule has 2 aliphatic rings. The maximum Gasteiger partial charge on any atom is 0.173 e. The molecule has 0 atom stereocenters. The Hall–Kier alpha value is -5.73. The molecule has 7 aromatic rings. The van der Waals surface area contributed by atoms with Crippen LogP contribution in [0, 0.1) is 23.3 Å². The van der Waals surface area contributed by atoms with Gasteiger partial charge in [0.1, 0.15) is 0 Å². The lowest BCUT2D eigenvalue weighted by molar-refractivity contribution is 0.461. The van der Waals surface area contributed by atoms with E-state index >= 15 is 17.6 Å². The summed E-state index contributed by atoms with van der Waals surface area (Å²) in [6, 6.07) is 34.2. The summed E-state index contributed by atoms with van der Waals surface area (Å²) in [5.74, 6) is -6.46. The molecule has 0 spiro atoms. The topological polar surface area (TPSA) is 38.7 Å². The second kappa shape index (κ2) is 12.4. The predicted molar refractivity (Wildman–Crippen MR) is 220 cm³/mol. The van der Waals surface area contributed by atoms with E-state index in [4.69, 9.17) is 4.98 Å². The maximum atomic E-state index is 16.8. The van der Waals surface area contributed by atoms with Crippen molar-refractivity contribution in [1.82, 2.24) is 15.0 Å². The van der Waals surface area contributed by atoms with Gasteiger partial charge in [-0.2, -0.15) is 0 Å². The molecule has 0 amide bonds. The molecule has 0 aliphatic heterocycles. The summed E-state index contributed by atoms with van der Waals surface area (Å²) >= 11 is 0. The van der Waals surface area contributed by atoms with Gasteiger partial charge in [0, 0.05) is 22.0 Å². The second-order valence-electron chi connectivity index (χ2n) is 16.9. The van der Waals surface area contributed by atoms with Gasteiger partial charge in [0.15, 0.2) is 40.7 Å². The molecule has 1 heterocycles. The quantitative estimate of drug-likeness (QED) is 0.0996. The maximum absolute atomic E-state index is 16.8. The smallest absolute Gasteiger partial charge is 0.173 e. The van der Waals surface area contributed by atoms with Crippen molar-refractivity contribution < 1.29 is 17.6 Å². The molecule has 8 heteroatoms. The van der Waals surface area contributed by atoms with Crippen molar-refractivity contribution in [3.8, 4) is 67.5 Å². The first-order valence-electron chi connectivity index (χ1n) is 18.8. The van der Waals surface area contributed by atoms with Crippen molar-refractivity contribution in [3.05, 3.63) is 155 Å². The van der Waals surface area contributed by atoms with Crippen LogP contribution in [0.15, 0.2) is 109 Å². The Kier molecular flexibility index (Phi) is 7.95. The lowest BCUT2D eigenvalue weighted by Crippen LogP contribution is -2.43. The van der Waals surface area contributed by atoms with E-state index in [2.05, 4.69) is 61.7 Å². The number of nitrogens with zero attached hydrogens (tertiary/aromatic N) is 3. The molecule has 0 saturated carbocycles. The normalized spacial score (nSPS) is 14.6. The molecule has 3 nitrogen and oxygen atoms in total. The number of hydrogen-bond donors (Lipinski definition) is 0. The van der Waals surface area contributed by atoms with E-state index in [1.165, 1.54) is 10.8 Å². The van der Waals surface area contributed by atoms with Crippen LogP contribution in [0.25, 0.3) is 67.5 Å². The monoisotopic (exact) mass is 761 g/mol. The summed E-state index contributed by atoms with van der Waals surface area (Å²) in [4.78, 5) is 13.7. The van der Waals surface area contributed by atoms with Crippen LogP contribution in [-0.4, -0.2) is 23.0 Å². The molecule has 0 saturated heterocycles. The summed E-state index contributed by atoms with van der Waals surface area (Å²) in [5, 5.41) is 1.23. The van der Waals surface area contributed by atoms with E-state index in [1.54, 1.807) is 36.4 Å². The Morgan fingerprint density at radius 2 is 0.946 bits per heavy atom. The molecule has 1 aromatic heterocycles. The summed E-state index contributed by atoms with van der Waals surface area (Å²) < 4.78 is 67.0. The second-order valence-corrected chi connectivity index (χ2v) is 22.0. The molecule has 278 valence electrons. The Morgan fingerprint density at radius 1 is 0.429 bits per heavy atom. The molecule has 0 unspecified atom stereocenters. The largest absolute Gasteiger partial charge is 0.208 e. The number of benzene rings is 6. The first-order chi connectivity index (χ1) is 26.6. The molecule has 0 N–H and O–H groups in total. The Balaban J connectivity index is 1.23. The molecule has 0 radical (unpaired) electrons. The number of fused-ring (bicyclic) bond motifs is 6. The third-order valence-corrected chi connectivity index (χ3v) is 13.8. The SMILES string of the molecule is CC1(C)c2ccccc2-c2ccc(-c3nc(-c4ccccc4)nc(-c4c(F)c(F)c(-c5cccc6c5C(C)(C)c5c-6cccc5[Si](C)(C)C)c(F)c4F)n3)cc21. The number of aromatic nitrogens is 3. The van der Waals surface area contributed by atoms with Crippen molar-refractivity contribution >= 4 is 13.3 Å².